The van der Waals surface area contributed by atoms with Crippen molar-refractivity contribution in [3.8, 4) is 0 Å². The van der Waals surface area contributed by atoms with Crippen LogP contribution in [0, 0.1) is 0 Å². The van der Waals surface area contributed by atoms with Crippen molar-refractivity contribution < 1.29 is 17.9 Å². The first kappa shape index (κ1) is 17.7. The van der Waals surface area contributed by atoms with Crippen LogP contribution in [-0.4, -0.2) is 38.0 Å². The van der Waals surface area contributed by atoms with Crippen LogP contribution in [0.2, 0.25) is 0 Å². The highest BCUT2D eigenvalue weighted by Crippen LogP contribution is 2.08. The molecule has 0 aliphatic rings. The van der Waals surface area contributed by atoms with E-state index in [1.807, 2.05) is 30.3 Å². The summed E-state index contributed by atoms with van der Waals surface area (Å²) in [4.78, 5) is 11.9. The second-order valence-corrected chi connectivity index (χ2v) is 8.19. The summed E-state index contributed by atoms with van der Waals surface area (Å²) < 4.78 is 28.3. The summed E-state index contributed by atoms with van der Waals surface area (Å²) in [5.41, 5.74) is 0.411. The highest BCUT2D eigenvalue weighted by Gasteiger charge is 2.28. The van der Waals surface area contributed by atoms with Crippen molar-refractivity contribution in [2.45, 2.75) is 38.2 Å². The number of carbonyl (C=O) groups excluding carboxylic acids is 1. The Morgan fingerprint density at radius 1 is 1.29 bits per heavy atom. The Morgan fingerprint density at radius 3 is 2.38 bits per heavy atom. The molecule has 21 heavy (non-hydrogen) atoms. The molecule has 0 heterocycles. The maximum atomic E-state index is 11.9. The zero-order valence-electron chi connectivity index (χ0n) is 12.9. The molecule has 1 N–H and O–H groups in total. The smallest absolute Gasteiger partial charge is 0.238 e. The molecule has 1 atom stereocenters. The van der Waals surface area contributed by atoms with Crippen LogP contribution in [0.25, 0.3) is 0 Å². The van der Waals surface area contributed by atoms with Gasteiger partial charge in [0.2, 0.25) is 5.91 Å². The fraction of sp³-hybridized carbons (Fsp3) is 0.533. The maximum Gasteiger partial charge on any atom is 0.238 e. The molecule has 1 aromatic carbocycles. The molecular weight excluding hydrogens is 290 g/mol. The van der Waals surface area contributed by atoms with E-state index in [1.54, 1.807) is 13.8 Å². The van der Waals surface area contributed by atoms with E-state index in [2.05, 4.69) is 5.32 Å². The monoisotopic (exact) mass is 313 g/mol. The SMILES string of the molecule is CC(C(=O)NC(C)(C)COCc1ccccc1)S(C)(=O)=O. The molecule has 0 aliphatic heterocycles. The molecule has 0 fully saturated rings. The fourth-order valence-corrected chi connectivity index (χ4v) is 2.11. The number of sulfone groups is 1. The molecule has 0 spiro atoms. The minimum atomic E-state index is -3.39. The third-order valence-corrected chi connectivity index (χ3v) is 4.55. The summed E-state index contributed by atoms with van der Waals surface area (Å²) in [6.45, 7) is 5.72. The first-order valence-electron chi connectivity index (χ1n) is 6.74. The number of hydrogen-bond donors (Lipinski definition) is 1. The molecule has 0 radical (unpaired) electrons. The molecule has 6 heteroatoms. The molecule has 0 saturated carbocycles. The summed E-state index contributed by atoms with van der Waals surface area (Å²) in [5.74, 6) is -0.509. The van der Waals surface area contributed by atoms with Crippen LogP contribution in [0.5, 0.6) is 0 Å². The summed E-state index contributed by atoms with van der Waals surface area (Å²) in [6, 6.07) is 9.70. The summed E-state index contributed by atoms with van der Waals surface area (Å²) in [7, 11) is -3.39. The van der Waals surface area contributed by atoms with Gasteiger partial charge in [0.05, 0.1) is 18.8 Å². The van der Waals surface area contributed by atoms with Gasteiger partial charge in [0, 0.05) is 6.26 Å². The van der Waals surface area contributed by atoms with Crippen LogP contribution in [0.1, 0.15) is 26.3 Å². The van der Waals surface area contributed by atoms with Gasteiger partial charge in [-0.05, 0) is 26.3 Å². The number of nitrogens with one attached hydrogen (secondary N) is 1. The van der Waals surface area contributed by atoms with Crippen LogP contribution >= 0.6 is 0 Å². The summed E-state index contributed by atoms with van der Waals surface area (Å²) in [5, 5.41) is 1.64. The largest absolute Gasteiger partial charge is 0.374 e. The quantitative estimate of drug-likeness (QED) is 0.828. The summed E-state index contributed by atoms with van der Waals surface area (Å²) >= 11 is 0. The average Bonchev–Trinajstić information content (AvgIpc) is 2.37. The molecular formula is C15H23NO4S. The molecule has 118 valence electrons. The van der Waals surface area contributed by atoms with E-state index in [-0.39, 0.29) is 0 Å². The van der Waals surface area contributed by atoms with Crippen molar-refractivity contribution in [2.24, 2.45) is 0 Å². The first-order valence-corrected chi connectivity index (χ1v) is 8.70. The Labute approximate surface area is 126 Å². The average molecular weight is 313 g/mol. The van der Waals surface area contributed by atoms with Crippen molar-refractivity contribution in [3.05, 3.63) is 35.9 Å². The predicted octanol–water partition coefficient (Wildman–Crippen LogP) is 1.53. The van der Waals surface area contributed by atoms with Crippen molar-refractivity contribution in [2.75, 3.05) is 12.9 Å². The third kappa shape index (κ3) is 6.27. The lowest BCUT2D eigenvalue weighted by Gasteiger charge is -2.27. The van der Waals surface area contributed by atoms with Gasteiger partial charge >= 0.3 is 0 Å². The Balaban J connectivity index is 2.48. The molecule has 0 aliphatic carbocycles. The van der Waals surface area contributed by atoms with E-state index in [9.17, 15) is 13.2 Å². The van der Waals surface area contributed by atoms with Crippen molar-refractivity contribution in [1.29, 1.82) is 0 Å². The van der Waals surface area contributed by atoms with Gasteiger partial charge in [0.1, 0.15) is 5.25 Å². The van der Waals surface area contributed by atoms with Crippen LogP contribution in [0.3, 0.4) is 0 Å². The van der Waals surface area contributed by atoms with Crippen LogP contribution < -0.4 is 5.32 Å². The Morgan fingerprint density at radius 2 is 1.86 bits per heavy atom. The Bertz CT molecular complexity index is 567. The second kappa shape index (κ2) is 7.04. The number of hydrogen-bond acceptors (Lipinski definition) is 4. The minimum absolute atomic E-state index is 0.296. The van der Waals surface area contributed by atoms with Crippen molar-refractivity contribution in [1.82, 2.24) is 5.32 Å². The zero-order chi connectivity index (χ0) is 16.1. The Kier molecular flexibility index (Phi) is 5.92. The van der Waals surface area contributed by atoms with Crippen molar-refractivity contribution >= 4 is 15.7 Å². The molecule has 1 amide bonds. The lowest BCUT2D eigenvalue weighted by atomic mass is 10.1. The van der Waals surface area contributed by atoms with Gasteiger partial charge in [-0.25, -0.2) is 8.42 Å². The topological polar surface area (TPSA) is 72.5 Å². The molecule has 0 aromatic heterocycles. The number of carbonyl (C=O) groups is 1. The molecule has 1 aromatic rings. The van der Waals surface area contributed by atoms with Gasteiger partial charge in [-0.1, -0.05) is 30.3 Å². The van der Waals surface area contributed by atoms with E-state index in [1.165, 1.54) is 6.92 Å². The van der Waals surface area contributed by atoms with Crippen LogP contribution in [0.15, 0.2) is 30.3 Å². The van der Waals surface area contributed by atoms with Crippen LogP contribution in [0.4, 0.5) is 0 Å². The van der Waals surface area contributed by atoms with Gasteiger partial charge in [-0.2, -0.15) is 0 Å². The molecule has 1 rings (SSSR count). The third-order valence-electron chi connectivity index (χ3n) is 3.05. The van der Waals surface area contributed by atoms with E-state index in [0.717, 1.165) is 11.8 Å². The number of amides is 1. The molecule has 0 saturated heterocycles. The zero-order valence-corrected chi connectivity index (χ0v) is 13.7. The second-order valence-electron chi connectivity index (χ2n) is 5.82. The number of rotatable bonds is 7. The van der Waals surface area contributed by atoms with E-state index >= 15 is 0 Å². The predicted molar refractivity (Wildman–Crippen MR) is 82.6 cm³/mol. The van der Waals surface area contributed by atoms with Crippen molar-refractivity contribution in [3.63, 3.8) is 0 Å². The maximum absolute atomic E-state index is 11.9. The van der Waals surface area contributed by atoms with Gasteiger partial charge in [0.15, 0.2) is 9.84 Å². The molecule has 0 bridgehead atoms. The normalized spacial score (nSPS) is 13.7. The number of ether oxygens (including phenoxy) is 1. The summed E-state index contributed by atoms with van der Waals surface area (Å²) in [6.07, 6.45) is 1.05. The molecule has 1 unspecified atom stereocenters. The highest BCUT2D eigenvalue weighted by molar-refractivity contribution is 7.92. The van der Waals surface area contributed by atoms with E-state index < -0.39 is 26.5 Å². The Hall–Kier alpha value is -1.40. The fourth-order valence-electron chi connectivity index (χ4n) is 1.66. The van der Waals surface area contributed by atoms with Gasteiger partial charge in [0.25, 0.3) is 0 Å². The molecule has 5 nitrogen and oxygen atoms in total. The van der Waals surface area contributed by atoms with Gasteiger partial charge < -0.3 is 10.1 Å². The number of benzene rings is 1. The van der Waals surface area contributed by atoms with E-state index in [4.69, 9.17) is 4.74 Å². The lowest BCUT2D eigenvalue weighted by Crippen LogP contribution is -2.51. The minimum Gasteiger partial charge on any atom is -0.374 e. The van der Waals surface area contributed by atoms with E-state index in [0.29, 0.717) is 13.2 Å². The van der Waals surface area contributed by atoms with Gasteiger partial charge in [-0.3, -0.25) is 4.79 Å². The lowest BCUT2D eigenvalue weighted by molar-refractivity contribution is -0.122. The van der Waals surface area contributed by atoms with Crippen LogP contribution in [-0.2, 0) is 26.0 Å². The standard InChI is InChI=1S/C15H23NO4S/c1-12(21(4,18)19)14(17)16-15(2,3)11-20-10-13-8-6-5-7-9-13/h5-9,12H,10-11H2,1-4H3,(H,16,17). The first-order chi connectivity index (χ1) is 9.62. The van der Waals surface area contributed by atoms with Gasteiger partial charge in [-0.15, -0.1) is 0 Å². The highest BCUT2D eigenvalue weighted by atomic mass is 32.2.